The maximum Gasteiger partial charge on any atom is 0.0346 e. The molecule has 0 aliphatic rings. The molecule has 1 nitrogen and oxygen atoms in total. The molecule has 0 amide bonds. The normalized spacial score (nSPS) is 14.8. The first kappa shape index (κ1) is 13.6. The van der Waals surface area contributed by atoms with E-state index in [0.717, 1.165) is 5.92 Å². The Kier molecular flexibility index (Phi) is 4.79. The van der Waals surface area contributed by atoms with Crippen molar-refractivity contribution >= 4 is 21.4 Å². The molecule has 0 saturated carbocycles. The summed E-state index contributed by atoms with van der Waals surface area (Å²) in [6, 6.07) is 9.21. The van der Waals surface area contributed by atoms with Gasteiger partial charge in [-0.25, -0.2) is 0 Å². The van der Waals surface area contributed by atoms with E-state index in [0.29, 0.717) is 6.04 Å². The van der Waals surface area contributed by atoms with Crippen LogP contribution in [0.5, 0.6) is 0 Å². The van der Waals surface area contributed by atoms with E-state index in [-0.39, 0.29) is 0 Å². The third-order valence-corrected chi connectivity index (χ3v) is 4.64. The van der Waals surface area contributed by atoms with Crippen molar-refractivity contribution in [3.63, 3.8) is 0 Å². The highest BCUT2D eigenvalue weighted by Gasteiger charge is 2.16. The monoisotopic (exact) mass is 261 g/mol. The van der Waals surface area contributed by atoms with Crippen LogP contribution < -0.4 is 5.32 Å². The summed E-state index contributed by atoms with van der Waals surface area (Å²) in [5.74, 6) is 0.783. The largest absolute Gasteiger partial charge is 0.313 e. The SMILES string of the molecule is CCCC(C)CC(NC)c1csc2ccccc12. The fraction of sp³-hybridized carbons (Fsp3) is 0.500. The van der Waals surface area contributed by atoms with Gasteiger partial charge < -0.3 is 5.32 Å². The van der Waals surface area contributed by atoms with Gasteiger partial charge in [0.15, 0.2) is 0 Å². The molecule has 0 radical (unpaired) electrons. The Balaban J connectivity index is 2.21. The van der Waals surface area contributed by atoms with Gasteiger partial charge in [0.1, 0.15) is 0 Å². The lowest BCUT2D eigenvalue weighted by molar-refractivity contribution is 0.409. The fourth-order valence-corrected chi connectivity index (χ4v) is 3.70. The van der Waals surface area contributed by atoms with Crippen LogP contribution in [0.4, 0.5) is 0 Å². The van der Waals surface area contributed by atoms with Gasteiger partial charge in [-0.1, -0.05) is 44.9 Å². The van der Waals surface area contributed by atoms with E-state index in [1.54, 1.807) is 0 Å². The molecule has 0 fully saturated rings. The lowest BCUT2D eigenvalue weighted by atomic mass is 9.93. The van der Waals surface area contributed by atoms with Crippen molar-refractivity contribution in [3.8, 4) is 0 Å². The summed E-state index contributed by atoms with van der Waals surface area (Å²) >= 11 is 1.86. The third kappa shape index (κ3) is 2.93. The predicted molar refractivity (Wildman–Crippen MR) is 82.3 cm³/mol. The van der Waals surface area contributed by atoms with Crippen molar-refractivity contribution in [1.29, 1.82) is 0 Å². The van der Waals surface area contributed by atoms with Gasteiger partial charge in [0.25, 0.3) is 0 Å². The minimum Gasteiger partial charge on any atom is -0.313 e. The lowest BCUT2D eigenvalue weighted by Gasteiger charge is -2.20. The Labute approximate surface area is 114 Å². The summed E-state index contributed by atoms with van der Waals surface area (Å²) in [6.07, 6.45) is 3.83. The van der Waals surface area contributed by atoms with Crippen LogP contribution in [-0.2, 0) is 0 Å². The second-order valence-electron chi connectivity index (χ2n) is 5.16. The number of nitrogens with one attached hydrogen (secondary N) is 1. The molecule has 2 heteroatoms. The molecule has 1 heterocycles. The Hall–Kier alpha value is -0.860. The highest BCUT2D eigenvalue weighted by Crippen LogP contribution is 2.33. The van der Waals surface area contributed by atoms with Crippen LogP contribution in [0.15, 0.2) is 29.6 Å². The summed E-state index contributed by atoms with van der Waals surface area (Å²) in [4.78, 5) is 0. The Morgan fingerprint density at radius 3 is 2.78 bits per heavy atom. The minimum absolute atomic E-state index is 0.489. The maximum absolute atomic E-state index is 3.49. The molecule has 2 atom stereocenters. The van der Waals surface area contributed by atoms with Crippen molar-refractivity contribution in [2.24, 2.45) is 5.92 Å². The minimum atomic E-state index is 0.489. The third-order valence-electron chi connectivity index (χ3n) is 3.65. The summed E-state index contributed by atoms with van der Waals surface area (Å²) in [6.45, 7) is 4.63. The van der Waals surface area contributed by atoms with Crippen LogP contribution >= 0.6 is 11.3 Å². The molecule has 1 aromatic heterocycles. The highest BCUT2D eigenvalue weighted by atomic mass is 32.1. The van der Waals surface area contributed by atoms with Crippen molar-refractivity contribution in [2.75, 3.05) is 7.05 Å². The van der Waals surface area contributed by atoms with Gasteiger partial charge in [0, 0.05) is 10.7 Å². The molecule has 98 valence electrons. The van der Waals surface area contributed by atoms with Crippen LogP contribution in [-0.4, -0.2) is 7.05 Å². The van der Waals surface area contributed by atoms with Gasteiger partial charge in [-0.05, 0) is 41.8 Å². The van der Waals surface area contributed by atoms with Gasteiger partial charge in [-0.2, -0.15) is 0 Å². The standard InChI is InChI=1S/C16H23NS/c1-4-7-12(2)10-15(17-3)14-11-18-16-9-6-5-8-13(14)16/h5-6,8-9,11-12,15,17H,4,7,10H2,1-3H3. The second kappa shape index (κ2) is 6.35. The molecule has 18 heavy (non-hydrogen) atoms. The Morgan fingerprint density at radius 1 is 1.28 bits per heavy atom. The number of hydrogen-bond acceptors (Lipinski definition) is 2. The summed E-state index contributed by atoms with van der Waals surface area (Å²) < 4.78 is 1.40. The van der Waals surface area contributed by atoms with E-state index < -0.39 is 0 Å². The summed E-state index contributed by atoms with van der Waals surface area (Å²) in [5, 5.41) is 7.24. The zero-order valence-electron chi connectivity index (χ0n) is 11.6. The Morgan fingerprint density at radius 2 is 2.06 bits per heavy atom. The number of benzene rings is 1. The van der Waals surface area contributed by atoms with Crippen molar-refractivity contribution in [3.05, 3.63) is 35.2 Å². The van der Waals surface area contributed by atoms with Crippen LogP contribution in [0.2, 0.25) is 0 Å². The van der Waals surface area contributed by atoms with E-state index in [4.69, 9.17) is 0 Å². The van der Waals surface area contributed by atoms with Gasteiger partial charge in [-0.15, -0.1) is 11.3 Å². The smallest absolute Gasteiger partial charge is 0.0346 e. The lowest BCUT2D eigenvalue weighted by Crippen LogP contribution is -2.18. The second-order valence-corrected chi connectivity index (χ2v) is 6.07. The number of fused-ring (bicyclic) bond motifs is 1. The van der Waals surface area contributed by atoms with Crippen LogP contribution in [0, 0.1) is 5.92 Å². The quantitative estimate of drug-likeness (QED) is 0.772. The van der Waals surface area contributed by atoms with Crippen LogP contribution in [0.3, 0.4) is 0 Å². The molecule has 2 rings (SSSR count). The number of hydrogen-bond donors (Lipinski definition) is 1. The van der Waals surface area contributed by atoms with E-state index in [9.17, 15) is 0 Å². The van der Waals surface area contributed by atoms with E-state index >= 15 is 0 Å². The summed E-state index contributed by atoms with van der Waals surface area (Å²) in [5.41, 5.74) is 1.47. The zero-order chi connectivity index (χ0) is 13.0. The van der Waals surface area contributed by atoms with E-state index in [1.807, 2.05) is 11.3 Å². The average Bonchev–Trinajstić information content (AvgIpc) is 2.80. The van der Waals surface area contributed by atoms with Gasteiger partial charge in [-0.3, -0.25) is 0 Å². The predicted octanol–water partition coefficient (Wildman–Crippen LogP) is 4.99. The molecule has 1 N–H and O–H groups in total. The van der Waals surface area contributed by atoms with Crippen LogP contribution in [0.1, 0.15) is 44.7 Å². The van der Waals surface area contributed by atoms with Crippen molar-refractivity contribution in [1.82, 2.24) is 5.32 Å². The summed E-state index contributed by atoms with van der Waals surface area (Å²) in [7, 11) is 2.08. The number of rotatable bonds is 6. The molecule has 0 saturated heterocycles. The molecule has 0 spiro atoms. The van der Waals surface area contributed by atoms with Crippen molar-refractivity contribution in [2.45, 2.75) is 39.2 Å². The molecule has 2 unspecified atom stereocenters. The molecule has 2 aromatic rings. The number of thiophene rings is 1. The fourth-order valence-electron chi connectivity index (χ4n) is 2.68. The average molecular weight is 261 g/mol. The maximum atomic E-state index is 3.49. The molecule has 0 aliphatic carbocycles. The highest BCUT2D eigenvalue weighted by molar-refractivity contribution is 7.17. The van der Waals surface area contributed by atoms with Gasteiger partial charge in [0.2, 0.25) is 0 Å². The van der Waals surface area contributed by atoms with Gasteiger partial charge in [0.05, 0.1) is 0 Å². The first-order chi connectivity index (χ1) is 8.76. The first-order valence-electron chi connectivity index (χ1n) is 6.89. The first-order valence-corrected chi connectivity index (χ1v) is 7.77. The van der Waals surface area contributed by atoms with Crippen molar-refractivity contribution < 1.29 is 0 Å². The molecule has 1 aromatic carbocycles. The molecule has 0 aliphatic heterocycles. The topological polar surface area (TPSA) is 12.0 Å². The Bertz CT molecular complexity index is 489. The molecular formula is C16H23NS. The zero-order valence-corrected chi connectivity index (χ0v) is 12.4. The molecular weight excluding hydrogens is 238 g/mol. The van der Waals surface area contributed by atoms with Crippen LogP contribution in [0.25, 0.3) is 10.1 Å². The molecule has 0 bridgehead atoms. The van der Waals surface area contributed by atoms with E-state index in [2.05, 4.69) is 55.9 Å². The van der Waals surface area contributed by atoms with Gasteiger partial charge >= 0.3 is 0 Å². The van der Waals surface area contributed by atoms with E-state index in [1.165, 1.54) is 34.9 Å².